The SMILES string of the molecule is CC/C(=C(/c1ccc(OCCN2CCC(C3CCN(c4ccc5c(c4)C(=O)N(C4CCC(=O)NC4=O)C5=O)CC3)CC2)cc1)c1ccc(B(O)O)cc1)c1ccccc1. The highest BCUT2D eigenvalue weighted by molar-refractivity contribution is 6.58. The molecule has 12 heteroatoms. The Hall–Kier alpha value is -5.56. The molecule has 11 nitrogen and oxygen atoms in total. The van der Waals surface area contributed by atoms with Crippen molar-refractivity contribution in [3.05, 3.63) is 125 Å². The van der Waals surface area contributed by atoms with E-state index in [2.05, 4.69) is 46.3 Å². The van der Waals surface area contributed by atoms with Gasteiger partial charge in [0.05, 0.1) is 11.1 Å². The van der Waals surface area contributed by atoms with E-state index in [0.29, 0.717) is 35.0 Å². The van der Waals surface area contributed by atoms with Crippen LogP contribution in [0.15, 0.2) is 97.1 Å². The Morgan fingerprint density at radius 2 is 1.36 bits per heavy atom. The van der Waals surface area contributed by atoms with E-state index < -0.39 is 30.9 Å². The molecule has 59 heavy (non-hydrogen) atoms. The van der Waals surface area contributed by atoms with Gasteiger partial charge < -0.3 is 19.7 Å². The van der Waals surface area contributed by atoms with Crippen LogP contribution in [0.5, 0.6) is 5.75 Å². The molecule has 0 aromatic heterocycles. The van der Waals surface area contributed by atoms with Crippen LogP contribution in [-0.4, -0.2) is 96.0 Å². The van der Waals surface area contributed by atoms with E-state index in [1.54, 1.807) is 24.3 Å². The first-order valence-electron chi connectivity index (χ1n) is 21.0. The minimum Gasteiger partial charge on any atom is -0.492 e. The molecule has 3 fully saturated rings. The first-order valence-corrected chi connectivity index (χ1v) is 21.0. The minimum absolute atomic E-state index is 0.0995. The summed E-state index contributed by atoms with van der Waals surface area (Å²) in [7, 11) is -1.51. The number of piperidine rings is 3. The van der Waals surface area contributed by atoms with Gasteiger partial charge in [0, 0.05) is 31.7 Å². The van der Waals surface area contributed by atoms with Gasteiger partial charge in [-0.2, -0.15) is 0 Å². The maximum absolute atomic E-state index is 13.4. The van der Waals surface area contributed by atoms with Gasteiger partial charge in [-0.1, -0.05) is 73.7 Å². The zero-order chi connectivity index (χ0) is 41.0. The summed E-state index contributed by atoms with van der Waals surface area (Å²) in [5.41, 5.74) is 7.56. The number of carbonyl (C=O) groups is 4. The standard InChI is InChI=1S/C47H51BN4O7/c1-2-39(33-6-4-3-5-7-33)44(34-8-12-36(13-9-34)48(57)58)35-10-15-38(16-11-35)59-29-28-50-24-20-31(21-25-50)32-22-26-51(27-23-32)37-14-17-40-41(30-37)47(56)52(46(40)55)42-18-19-43(53)49-45(42)54/h3-17,30-32,42,57-58H,2,18-29H2,1H3,(H,49,53,54)/b44-39-. The molecule has 4 heterocycles. The summed E-state index contributed by atoms with van der Waals surface area (Å²) in [4.78, 5) is 56.4. The van der Waals surface area contributed by atoms with Crippen LogP contribution in [0.1, 0.15) is 89.3 Å². The Labute approximate surface area is 345 Å². The largest absolute Gasteiger partial charge is 0.492 e. The van der Waals surface area contributed by atoms with Crippen LogP contribution in [0.3, 0.4) is 0 Å². The van der Waals surface area contributed by atoms with E-state index in [4.69, 9.17) is 4.74 Å². The molecule has 0 bridgehead atoms. The van der Waals surface area contributed by atoms with Crippen molar-refractivity contribution < 1.29 is 34.0 Å². The van der Waals surface area contributed by atoms with Crippen LogP contribution in [0.25, 0.3) is 11.1 Å². The van der Waals surface area contributed by atoms with Crippen molar-refractivity contribution >= 4 is 53.0 Å². The number of likely N-dealkylation sites (tertiary alicyclic amines) is 1. The molecule has 1 unspecified atom stereocenters. The van der Waals surface area contributed by atoms with E-state index >= 15 is 0 Å². The third kappa shape index (κ3) is 8.62. The highest BCUT2D eigenvalue weighted by atomic mass is 16.5. The minimum atomic E-state index is -1.51. The zero-order valence-electron chi connectivity index (χ0n) is 33.5. The number of hydrogen-bond donors (Lipinski definition) is 3. The van der Waals surface area contributed by atoms with Crippen molar-refractivity contribution in [3.8, 4) is 5.75 Å². The number of carbonyl (C=O) groups excluding carboxylic acids is 4. The number of nitrogens with zero attached hydrogens (tertiary/aromatic N) is 3. The van der Waals surface area contributed by atoms with Crippen molar-refractivity contribution in [3.63, 3.8) is 0 Å². The van der Waals surface area contributed by atoms with E-state index in [1.807, 2.05) is 48.5 Å². The third-order valence-corrected chi connectivity index (χ3v) is 12.7. The van der Waals surface area contributed by atoms with Gasteiger partial charge >= 0.3 is 7.12 Å². The quantitative estimate of drug-likeness (QED) is 0.101. The monoisotopic (exact) mass is 794 g/mol. The summed E-state index contributed by atoms with van der Waals surface area (Å²) in [6, 6.07) is 30.5. The number of fused-ring (bicyclic) bond motifs is 1. The van der Waals surface area contributed by atoms with Crippen LogP contribution < -0.4 is 20.4 Å². The van der Waals surface area contributed by atoms with Crippen molar-refractivity contribution in [2.75, 3.05) is 44.2 Å². The number of rotatable bonds is 12. The highest BCUT2D eigenvalue weighted by Crippen LogP contribution is 2.37. The number of ether oxygens (including phenoxy) is 1. The molecule has 8 rings (SSSR count). The lowest BCUT2D eigenvalue weighted by Crippen LogP contribution is -2.54. The molecule has 3 saturated heterocycles. The molecule has 0 saturated carbocycles. The van der Waals surface area contributed by atoms with Crippen LogP contribution in [0, 0.1) is 11.8 Å². The lowest BCUT2D eigenvalue weighted by Gasteiger charge is -2.41. The lowest BCUT2D eigenvalue weighted by molar-refractivity contribution is -0.136. The topological polar surface area (TPSA) is 140 Å². The molecule has 1 atom stereocenters. The van der Waals surface area contributed by atoms with Gasteiger partial charge in [-0.25, -0.2) is 0 Å². The first-order chi connectivity index (χ1) is 28.7. The Morgan fingerprint density at radius 3 is 1.98 bits per heavy atom. The fraction of sp³-hybridized carbons (Fsp3) is 0.362. The third-order valence-electron chi connectivity index (χ3n) is 12.7. The summed E-state index contributed by atoms with van der Waals surface area (Å²) in [5.74, 6) is 0.233. The highest BCUT2D eigenvalue weighted by Gasteiger charge is 2.45. The van der Waals surface area contributed by atoms with Gasteiger partial charge in [-0.05, 0) is 127 Å². The fourth-order valence-electron chi connectivity index (χ4n) is 9.44. The van der Waals surface area contributed by atoms with Crippen molar-refractivity contribution in [1.82, 2.24) is 15.1 Å². The molecule has 4 aliphatic heterocycles. The van der Waals surface area contributed by atoms with E-state index in [1.165, 1.54) is 18.4 Å². The average molecular weight is 795 g/mol. The lowest BCUT2D eigenvalue weighted by atomic mass is 9.78. The van der Waals surface area contributed by atoms with E-state index in [0.717, 1.165) is 90.6 Å². The number of benzene rings is 4. The van der Waals surface area contributed by atoms with Gasteiger partial charge in [0.2, 0.25) is 11.8 Å². The molecule has 4 aliphatic rings. The second-order valence-corrected chi connectivity index (χ2v) is 16.1. The van der Waals surface area contributed by atoms with Crippen molar-refractivity contribution in [2.45, 2.75) is 57.9 Å². The number of hydrogen-bond acceptors (Lipinski definition) is 9. The molecule has 3 N–H and O–H groups in total. The van der Waals surface area contributed by atoms with Crippen LogP contribution in [0.4, 0.5) is 5.69 Å². The average Bonchev–Trinajstić information content (AvgIpc) is 3.51. The molecule has 4 aromatic carbocycles. The molecule has 4 aromatic rings. The zero-order valence-corrected chi connectivity index (χ0v) is 33.5. The van der Waals surface area contributed by atoms with Crippen molar-refractivity contribution in [2.24, 2.45) is 11.8 Å². The molecular formula is C47H51BN4O7. The van der Waals surface area contributed by atoms with Gasteiger partial charge in [0.1, 0.15) is 18.4 Å². The Balaban J connectivity index is 0.815. The van der Waals surface area contributed by atoms with Crippen molar-refractivity contribution in [1.29, 1.82) is 0 Å². The summed E-state index contributed by atoms with van der Waals surface area (Å²) in [5, 5.41) is 21.6. The Kier molecular flexibility index (Phi) is 12.1. The van der Waals surface area contributed by atoms with Gasteiger partial charge in [-0.3, -0.25) is 34.3 Å². The molecule has 0 aliphatic carbocycles. The summed E-state index contributed by atoms with van der Waals surface area (Å²) >= 11 is 0. The first kappa shape index (κ1) is 40.2. The molecule has 0 radical (unpaired) electrons. The number of anilines is 1. The fourth-order valence-corrected chi connectivity index (χ4v) is 9.44. The van der Waals surface area contributed by atoms with Gasteiger partial charge in [0.25, 0.3) is 11.8 Å². The Morgan fingerprint density at radius 1 is 0.729 bits per heavy atom. The molecule has 304 valence electrons. The van der Waals surface area contributed by atoms with Crippen LogP contribution >= 0.6 is 0 Å². The second kappa shape index (κ2) is 17.7. The maximum Gasteiger partial charge on any atom is 0.488 e. The summed E-state index contributed by atoms with van der Waals surface area (Å²) in [6.45, 7) is 7.52. The molecular weight excluding hydrogens is 743 g/mol. The molecule has 0 spiro atoms. The number of amides is 4. The summed E-state index contributed by atoms with van der Waals surface area (Å²) < 4.78 is 6.25. The number of imide groups is 2. The smallest absolute Gasteiger partial charge is 0.488 e. The van der Waals surface area contributed by atoms with Crippen LogP contribution in [-0.2, 0) is 9.59 Å². The van der Waals surface area contributed by atoms with Crippen LogP contribution in [0.2, 0.25) is 0 Å². The Bertz CT molecular complexity index is 2210. The normalized spacial score (nSPS) is 19.7. The maximum atomic E-state index is 13.4. The molecule has 4 amide bonds. The van der Waals surface area contributed by atoms with E-state index in [-0.39, 0.29) is 18.7 Å². The second-order valence-electron chi connectivity index (χ2n) is 16.1. The van der Waals surface area contributed by atoms with Gasteiger partial charge in [0.15, 0.2) is 0 Å². The van der Waals surface area contributed by atoms with Gasteiger partial charge in [-0.15, -0.1) is 0 Å². The predicted molar refractivity (Wildman–Crippen MR) is 228 cm³/mol. The number of allylic oxidation sites excluding steroid dienone is 1. The van der Waals surface area contributed by atoms with E-state index in [9.17, 15) is 29.2 Å². The predicted octanol–water partition coefficient (Wildman–Crippen LogP) is 5.14. The number of nitrogens with one attached hydrogen (secondary N) is 1. The summed E-state index contributed by atoms with van der Waals surface area (Å²) in [6.07, 6.45) is 5.56.